The smallest absolute Gasteiger partial charge is 0.281 e. The summed E-state index contributed by atoms with van der Waals surface area (Å²) < 4.78 is 142. The molecule has 34 heavy (non-hydrogen) atoms. The van der Waals surface area contributed by atoms with E-state index in [1.807, 2.05) is 0 Å². The van der Waals surface area contributed by atoms with Gasteiger partial charge in [0.25, 0.3) is 9.84 Å². The van der Waals surface area contributed by atoms with Gasteiger partial charge < -0.3 is 0 Å². The summed E-state index contributed by atoms with van der Waals surface area (Å²) in [5.74, 6) is -7.72. The number of rotatable bonds is 7. The van der Waals surface area contributed by atoms with Gasteiger partial charge in [0.15, 0.2) is 0 Å². The average Bonchev–Trinajstić information content (AvgIpc) is 2.78. The van der Waals surface area contributed by atoms with Crippen molar-refractivity contribution >= 4 is 20.0 Å². The monoisotopic (exact) mass is 536 g/mol. The topological polar surface area (TPSA) is 88.5 Å². The summed E-state index contributed by atoms with van der Waals surface area (Å²) in [7, 11) is -13.6. The van der Waals surface area contributed by atoms with Crippen LogP contribution in [0.3, 0.4) is 0 Å². The van der Waals surface area contributed by atoms with Crippen molar-refractivity contribution in [2.24, 2.45) is 0 Å². The SMILES string of the molecule is O=S(=O)(O)C(F)(F)C(F)(F)C(F)(F)S(=O)(=O)c1cc(C2CCCCC2)ccc1C1CCCCC1. The number of hydrogen-bond donors (Lipinski definition) is 1. The van der Waals surface area contributed by atoms with E-state index < -0.39 is 47.2 Å². The van der Waals surface area contributed by atoms with Crippen LogP contribution in [0.4, 0.5) is 26.3 Å². The maximum atomic E-state index is 14.8. The molecular weight excluding hydrogens is 510 g/mol. The lowest BCUT2D eigenvalue weighted by atomic mass is 9.81. The van der Waals surface area contributed by atoms with E-state index in [2.05, 4.69) is 0 Å². The highest BCUT2D eigenvalue weighted by Gasteiger charge is 2.82. The lowest BCUT2D eigenvalue weighted by Gasteiger charge is -2.32. The second kappa shape index (κ2) is 9.27. The van der Waals surface area contributed by atoms with Crippen molar-refractivity contribution in [3.8, 4) is 0 Å². The van der Waals surface area contributed by atoms with E-state index in [1.165, 1.54) is 6.07 Å². The van der Waals surface area contributed by atoms with Gasteiger partial charge in [-0.25, -0.2) is 8.42 Å². The van der Waals surface area contributed by atoms with Crippen LogP contribution in [-0.2, 0) is 20.0 Å². The summed E-state index contributed by atoms with van der Waals surface area (Å²) in [5.41, 5.74) is 0.142. The predicted molar refractivity (Wildman–Crippen MR) is 112 cm³/mol. The largest absolute Gasteiger partial charge is 0.439 e. The van der Waals surface area contributed by atoms with Gasteiger partial charge in [0.2, 0.25) is 0 Å². The molecule has 2 aliphatic rings. The Bertz CT molecular complexity index is 1110. The van der Waals surface area contributed by atoms with Crippen molar-refractivity contribution in [3.63, 3.8) is 0 Å². The van der Waals surface area contributed by atoms with E-state index in [4.69, 9.17) is 4.55 Å². The molecule has 1 aromatic rings. The van der Waals surface area contributed by atoms with E-state index in [1.54, 1.807) is 6.07 Å². The molecule has 0 heterocycles. The molecule has 0 unspecified atom stereocenters. The zero-order valence-corrected chi connectivity index (χ0v) is 19.8. The Labute approximate surface area is 194 Å². The molecule has 0 radical (unpaired) electrons. The van der Waals surface area contributed by atoms with Crippen LogP contribution in [0.25, 0.3) is 0 Å². The Hall–Kier alpha value is -1.34. The third-order valence-corrected chi connectivity index (χ3v) is 9.61. The first-order chi connectivity index (χ1) is 15.6. The number of hydrogen-bond acceptors (Lipinski definition) is 4. The molecule has 0 bridgehead atoms. The van der Waals surface area contributed by atoms with Gasteiger partial charge in [-0.05, 0) is 54.7 Å². The van der Waals surface area contributed by atoms with Crippen LogP contribution in [0.15, 0.2) is 23.1 Å². The van der Waals surface area contributed by atoms with Crippen LogP contribution in [-0.4, -0.2) is 37.8 Å². The number of benzene rings is 1. The highest BCUT2D eigenvalue weighted by atomic mass is 32.2. The van der Waals surface area contributed by atoms with Crippen molar-refractivity contribution in [2.45, 2.75) is 97.4 Å². The van der Waals surface area contributed by atoms with Crippen molar-refractivity contribution in [3.05, 3.63) is 29.3 Å². The minimum absolute atomic E-state index is 0.176. The second-order valence-corrected chi connectivity index (χ2v) is 12.5. The van der Waals surface area contributed by atoms with Crippen LogP contribution >= 0.6 is 0 Å². The van der Waals surface area contributed by atoms with Crippen molar-refractivity contribution in [1.29, 1.82) is 0 Å². The number of sulfone groups is 1. The lowest BCUT2D eigenvalue weighted by Crippen LogP contribution is -2.60. The van der Waals surface area contributed by atoms with Gasteiger partial charge in [0.05, 0.1) is 4.90 Å². The standard InChI is InChI=1S/C21H26F6O5S2/c22-19(23,21(26,27)34(30,31)32)20(24,25)33(28,29)18-13-16(14-7-3-1-4-8-14)11-12-17(18)15-9-5-2-6-10-15/h11-15H,1-10H2,(H,30,31,32). The molecule has 0 aliphatic heterocycles. The molecule has 0 saturated heterocycles. The van der Waals surface area contributed by atoms with Crippen LogP contribution in [0.5, 0.6) is 0 Å². The fourth-order valence-corrected chi connectivity index (χ4v) is 6.96. The molecule has 13 heteroatoms. The molecule has 5 nitrogen and oxygen atoms in total. The van der Waals surface area contributed by atoms with E-state index in [0.717, 1.165) is 31.7 Å². The predicted octanol–water partition coefficient (Wildman–Crippen LogP) is 6.26. The zero-order valence-electron chi connectivity index (χ0n) is 18.1. The molecular formula is C21H26F6O5S2. The maximum absolute atomic E-state index is 14.8. The van der Waals surface area contributed by atoms with Crippen LogP contribution < -0.4 is 0 Å². The van der Waals surface area contributed by atoms with Gasteiger partial charge in [-0.1, -0.05) is 50.7 Å². The van der Waals surface area contributed by atoms with Crippen molar-refractivity contribution in [2.75, 3.05) is 0 Å². The Morgan fingerprint density at radius 3 is 1.65 bits per heavy atom. The highest BCUT2D eigenvalue weighted by Crippen LogP contribution is 2.53. The summed E-state index contributed by atoms with van der Waals surface area (Å²) >= 11 is 0. The van der Waals surface area contributed by atoms with E-state index in [0.29, 0.717) is 44.1 Å². The van der Waals surface area contributed by atoms with E-state index in [-0.39, 0.29) is 11.5 Å². The van der Waals surface area contributed by atoms with E-state index in [9.17, 15) is 43.2 Å². The van der Waals surface area contributed by atoms with Crippen molar-refractivity contribution in [1.82, 2.24) is 0 Å². The number of halogens is 6. The summed E-state index contributed by atoms with van der Waals surface area (Å²) in [5, 5.41) is -13.3. The molecule has 0 spiro atoms. The quantitative estimate of drug-likeness (QED) is 0.328. The first-order valence-corrected chi connectivity index (χ1v) is 14.0. The molecule has 0 aromatic heterocycles. The minimum Gasteiger partial charge on any atom is -0.281 e. The van der Waals surface area contributed by atoms with Gasteiger partial charge in [0.1, 0.15) is 0 Å². The Morgan fingerprint density at radius 2 is 1.18 bits per heavy atom. The second-order valence-electron chi connectivity index (χ2n) is 9.05. The van der Waals surface area contributed by atoms with E-state index >= 15 is 0 Å². The molecule has 194 valence electrons. The molecule has 2 fully saturated rings. The van der Waals surface area contributed by atoms with Crippen LogP contribution in [0.1, 0.15) is 87.2 Å². The van der Waals surface area contributed by atoms with Crippen LogP contribution in [0.2, 0.25) is 0 Å². The molecule has 0 atom stereocenters. The average molecular weight is 537 g/mol. The van der Waals surface area contributed by atoms with Crippen molar-refractivity contribution < 1.29 is 47.7 Å². The molecule has 1 N–H and O–H groups in total. The summed E-state index contributed by atoms with van der Waals surface area (Å²) in [4.78, 5) is -1.20. The van der Waals surface area contributed by atoms with Gasteiger partial charge in [-0.3, -0.25) is 4.55 Å². The maximum Gasteiger partial charge on any atom is 0.439 e. The molecule has 1 aromatic carbocycles. The number of alkyl halides is 6. The summed E-state index contributed by atoms with van der Waals surface area (Å²) in [6.07, 6.45) is 6.65. The Kier molecular flexibility index (Phi) is 7.43. The lowest BCUT2D eigenvalue weighted by molar-refractivity contribution is -0.245. The van der Waals surface area contributed by atoms with Gasteiger partial charge in [-0.2, -0.15) is 34.8 Å². The first kappa shape index (κ1) is 27.3. The first-order valence-electron chi connectivity index (χ1n) is 11.0. The van der Waals surface area contributed by atoms with Gasteiger partial charge in [-0.15, -0.1) is 0 Å². The Morgan fingerprint density at radius 1 is 0.706 bits per heavy atom. The fraction of sp³-hybridized carbons (Fsp3) is 0.714. The highest BCUT2D eigenvalue weighted by molar-refractivity contribution is 7.92. The fourth-order valence-electron chi connectivity index (χ4n) is 4.86. The molecule has 3 rings (SSSR count). The summed E-state index contributed by atoms with van der Waals surface area (Å²) in [6, 6.07) is 3.69. The molecule has 0 amide bonds. The zero-order chi connectivity index (χ0) is 25.6. The molecule has 2 aliphatic carbocycles. The summed E-state index contributed by atoms with van der Waals surface area (Å²) in [6.45, 7) is 0. The Balaban J connectivity index is 2.19. The molecule has 2 saturated carbocycles. The van der Waals surface area contributed by atoms with Gasteiger partial charge >= 0.3 is 26.5 Å². The third kappa shape index (κ3) is 4.47. The van der Waals surface area contributed by atoms with Gasteiger partial charge in [0, 0.05) is 0 Å². The third-order valence-electron chi connectivity index (χ3n) is 6.84. The van der Waals surface area contributed by atoms with Crippen LogP contribution in [0, 0.1) is 0 Å². The normalized spacial score (nSPS) is 20.4. The minimum atomic E-state index is -7.07.